The lowest BCUT2D eigenvalue weighted by molar-refractivity contribution is -0.123. The topological polar surface area (TPSA) is 49.3 Å². The molecule has 1 atom stereocenters. The fourth-order valence-corrected chi connectivity index (χ4v) is 0.906. The second-order valence-corrected chi connectivity index (χ2v) is 3.11. The van der Waals surface area contributed by atoms with Gasteiger partial charge >= 0.3 is 0 Å². The quantitative estimate of drug-likeness (QED) is 0.761. The van der Waals surface area contributed by atoms with Crippen LogP contribution < -0.4 is 5.32 Å². The maximum atomic E-state index is 11.0. The Morgan fingerprint density at radius 2 is 2.00 bits per heavy atom. The van der Waals surface area contributed by atoms with Gasteiger partial charge < -0.3 is 10.4 Å². The van der Waals surface area contributed by atoms with Gasteiger partial charge in [-0.15, -0.1) is 0 Å². The summed E-state index contributed by atoms with van der Waals surface area (Å²) in [6.07, 6.45) is -1.00. The van der Waals surface area contributed by atoms with Crippen LogP contribution in [-0.4, -0.2) is 17.1 Å². The molecule has 0 saturated carbocycles. The molecule has 1 rings (SSSR count). The molecule has 0 heterocycles. The van der Waals surface area contributed by atoms with Gasteiger partial charge in [0.15, 0.2) is 0 Å². The number of hydrogen-bond acceptors (Lipinski definition) is 2. The van der Waals surface area contributed by atoms with E-state index in [4.69, 9.17) is 16.7 Å². The molecule has 1 amide bonds. The van der Waals surface area contributed by atoms with Crippen LogP contribution in [0.1, 0.15) is 6.92 Å². The third-order valence-corrected chi connectivity index (χ3v) is 1.74. The van der Waals surface area contributed by atoms with Gasteiger partial charge in [0.2, 0.25) is 0 Å². The molecule has 70 valence electrons. The van der Waals surface area contributed by atoms with Gasteiger partial charge in [0.05, 0.1) is 0 Å². The maximum Gasteiger partial charge on any atom is 0.252 e. The standard InChI is InChI=1S/C9H10ClNO2/c1-6(12)9(13)11-8-4-2-7(10)3-5-8/h2-6,12H,1H3,(H,11,13). The first-order valence-corrected chi connectivity index (χ1v) is 4.22. The summed E-state index contributed by atoms with van der Waals surface area (Å²) in [4.78, 5) is 11.0. The number of carbonyl (C=O) groups is 1. The molecular formula is C9H10ClNO2. The van der Waals surface area contributed by atoms with Crippen LogP contribution in [0.4, 0.5) is 5.69 Å². The zero-order valence-electron chi connectivity index (χ0n) is 7.12. The van der Waals surface area contributed by atoms with Crippen LogP contribution in [0.2, 0.25) is 5.02 Å². The van der Waals surface area contributed by atoms with Crippen LogP contribution in [0.15, 0.2) is 24.3 Å². The molecule has 1 unspecified atom stereocenters. The van der Waals surface area contributed by atoms with Crippen LogP contribution in [0.3, 0.4) is 0 Å². The minimum absolute atomic E-state index is 0.428. The molecular weight excluding hydrogens is 190 g/mol. The lowest BCUT2D eigenvalue weighted by Crippen LogP contribution is -2.24. The van der Waals surface area contributed by atoms with E-state index in [1.807, 2.05) is 0 Å². The van der Waals surface area contributed by atoms with Crippen molar-refractivity contribution in [3.8, 4) is 0 Å². The van der Waals surface area contributed by atoms with Crippen LogP contribution >= 0.6 is 11.6 Å². The van der Waals surface area contributed by atoms with Gasteiger partial charge in [-0.25, -0.2) is 0 Å². The predicted molar refractivity (Wildman–Crippen MR) is 51.8 cm³/mol. The average Bonchev–Trinajstić information content (AvgIpc) is 2.08. The third kappa shape index (κ3) is 3.05. The summed E-state index contributed by atoms with van der Waals surface area (Å²) in [5.74, 6) is -0.428. The minimum atomic E-state index is -1.00. The van der Waals surface area contributed by atoms with Gasteiger partial charge in [-0.1, -0.05) is 11.6 Å². The van der Waals surface area contributed by atoms with Crippen molar-refractivity contribution in [2.24, 2.45) is 0 Å². The number of halogens is 1. The first kappa shape index (κ1) is 10.0. The van der Waals surface area contributed by atoms with E-state index in [1.54, 1.807) is 24.3 Å². The number of carbonyl (C=O) groups excluding carboxylic acids is 1. The fraction of sp³-hybridized carbons (Fsp3) is 0.222. The first-order valence-electron chi connectivity index (χ1n) is 3.84. The Balaban J connectivity index is 2.65. The molecule has 0 aliphatic heterocycles. The SMILES string of the molecule is CC(O)C(=O)Nc1ccc(Cl)cc1. The lowest BCUT2D eigenvalue weighted by Gasteiger charge is -2.06. The Bertz CT molecular complexity index is 295. The molecule has 0 aromatic heterocycles. The molecule has 0 bridgehead atoms. The number of anilines is 1. The van der Waals surface area contributed by atoms with Gasteiger partial charge in [-0.3, -0.25) is 4.79 Å². The smallest absolute Gasteiger partial charge is 0.252 e. The first-order chi connectivity index (χ1) is 6.09. The third-order valence-electron chi connectivity index (χ3n) is 1.49. The highest BCUT2D eigenvalue weighted by atomic mass is 35.5. The van der Waals surface area contributed by atoms with Crippen LogP contribution in [0.5, 0.6) is 0 Å². The highest BCUT2D eigenvalue weighted by molar-refractivity contribution is 6.30. The molecule has 0 saturated heterocycles. The van der Waals surface area contributed by atoms with E-state index >= 15 is 0 Å². The molecule has 1 aromatic rings. The Morgan fingerprint density at radius 1 is 1.46 bits per heavy atom. The minimum Gasteiger partial charge on any atom is -0.384 e. The van der Waals surface area contributed by atoms with E-state index in [9.17, 15) is 4.79 Å². The average molecular weight is 200 g/mol. The van der Waals surface area contributed by atoms with Crippen molar-refractivity contribution >= 4 is 23.2 Å². The number of nitrogens with one attached hydrogen (secondary N) is 1. The summed E-state index contributed by atoms with van der Waals surface area (Å²) in [6.45, 7) is 1.41. The number of amides is 1. The number of benzene rings is 1. The summed E-state index contributed by atoms with van der Waals surface area (Å²) < 4.78 is 0. The lowest BCUT2D eigenvalue weighted by atomic mass is 10.3. The van der Waals surface area contributed by atoms with Crippen molar-refractivity contribution < 1.29 is 9.90 Å². The molecule has 2 N–H and O–H groups in total. The predicted octanol–water partition coefficient (Wildman–Crippen LogP) is 1.66. The van der Waals surface area contributed by atoms with Crippen LogP contribution in [0, 0.1) is 0 Å². The van der Waals surface area contributed by atoms with Gasteiger partial charge in [-0.05, 0) is 31.2 Å². The highest BCUT2D eigenvalue weighted by Gasteiger charge is 2.07. The Hall–Kier alpha value is -1.06. The molecule has 0 radical (unpaired) electrons. The molecule has 0 fully saturated rings. The van der Waals surface area contributed by atoms with Gasteiger partial charge in [0.1, 0.15) is 6.10 Å². The number of hydrogen-bond donors (Lipinski definition) is 2. The Morgan fingerprint density at radius 3 is 2.46 bits per heavy atom. The Kier molecular flexibility index (Phi) is 3.28. The van der Waals surface area contributed by atoms with Gasteiger partial charge in [0.25, 0.3) is 5.91 Å². The molecule has 4 heteroatoms. The van der Waals surface area contributed by atoms with E-state index in [0.29, 0.717) is 10.7 Å². The molecule has 1 aromatic carbocycles. The fourth-order valence-electron chi connectivity index (χ4n) is 0.780. The van der Waals surface area contributed by atoms with Crippen molar-refractivity contribution in [2.45, 2.75) is 13.0 Å². The van der Waals surface area contributed by atoms with Crippen molar-refractivity contribution in [3.05, 3.63) is 29.3 Å². The summed E-state index contributed by atoms with van der Waals surface area (Å²) >= 11 is 5.65. The summed E-state index contributed by atoms with van der Waals surface area (Å²) in [5, 5.41) is 12.0. The number of aliphatic hydroxyl groups excluding tert-OH is 1. The van der Waals surface area contributed by atoms with Gasteiger partial charge in [-0.2, -0.15) is 0 Å². The summed E-state index contributed by atoms with van der Waals surface area (Å²) in [6, 6.07) is 6.67. The summed E-state index contributed by atoms with van der Waals surface area (Å²) in [7, 11) is 0. The molecule has 3 nitrogen and oxygen atoms in total. The zero-order valence-corrected chi connectivity index (χ0v) is 7.88. The van der Waals surface area contributed by atoms with Gasteiger partial charge in [0, 0.05) is 10.7 Å². The molecule has 0 aliphatic carbocycles. The summed E-state index contributed by atoms with van der Waals surface area (Å²) in [5.41, 5.74) is 0.621. The van der Waals surface area contributed by atoms with E-state index < -0.39 is 12.0 Å². The van der Waals surface area contributed by atoms with Crippen LogP contribution in [-0.2, 0) is 4.79 Å². The zero-order chi connectivity index (χ0) is 9.84. The number of rotatable bonds is 2. The van der Waals surface area contributed by atoms with Crippen LogP contribution in [0.25, 0.3) is 0 Å². The number of aliphatic hydroxyl groups is 1. The largest absolute Gasteiger partial charge is 0.384 e. The van der Waals surface area contributed by atoms with Crippen molar-refractivity contribution in [1.29, 1.82) is 0 Å². The molecule has 0 spiro atoms. The maximum absolute atomic E-state index is 11.0. The van der Waals surface area contributed by atoms with E-state index in [2.05, 4.69) is 5.32 Å². The van der Waals surface area contributed by atoms with Crippen molar-refractivity contribution in [2.75, 3.05) is 5.32 Å². The van der Waals surface area contributed by atoms with E-state index in [-0.39, 0.29) is 0 Å². The second kappa shape index (κ2) is 4.25. The van der Waals surface area contributed by atoms with Crippen molar-refractivity contribution in [3.63, 3.8) is 0 Å². The highest BCUT2D eigenvalue weighted by Crippen LogP contribution is 2.13. The second-order valence-electron chi connectivity index (χ2n) is 2.67. The molecule has 0 aliphatic rings. The van der Waals surface area contributed by atoms with E-state index in [1.165, 1.54) is 6.92 Å². The molecule has 13 heavy (non-hydrogen) atoms. The Labute approximate surface area is 81.3 Å². The van der Waals surface area contributed by atoms with E-state index in [0.717, 1.165) is 0 Å². The normalized spacial score (nSPS) is 12.2. The monoisotopic (exact) mass is 199 g/mol. The van der Waals surface area contributed by atoms with Crippen molar-refractivity contribution in [1.82, 2.24) is 0 Å².